The molecule has 106 valence electrons. The first-order valence-corrected chi connectivity index (χ1v) is 5.84. The van der Waals surface area contributed by atoms with Gasteiger partial charge in [0.15, 0.2) is 0 Å². The van der Waals surface area contributed by atoms with Gasteiger partial charge in [0.05, 0.1) is 12.1 Å². The largest absolute Gasteiger partial charge is 0.507 e. The number of halogens is 3. The van der Waals surface area contributed by atoms with Crippen LogP contribution in [0.4, 0.5) is 8.78 Å². The minimum absolute atomic E-state index is 0. The van der Waals surface area contributed by atoms with E-state index in [1.807, 2.05) is 23.9 Å². The van der Waals surface area contributed by atoms with Gasteiger partial charge >= 0.3 is 0 Å². The number of nitrogens with zero attached hydrogens (tertiary/aromatic N) is 1. The zero-order chi connectivity index (χ0) is 13.1. The molecule has 1 aromatic carbocycles. The van der Waals surface area contributed by atoms with E-state index in [0.717, 1.165) is 16.5 Å². The Balaban J connectivity index is 0.00000180. The number of rotatable bonds is 5. The average Bonchev–Trinajstić information content (AvgIpc) is 2.63. The van der Waals surface area contributed by atoms with Crippen molar-refractivity contribution >= 4 is 23.3 Å². The monoisotopic (exact) mass is 290 g/mol. The highest BCUT2D eigenvalue weighted by atomic mass is 35.5. The minimum Gasteiger partial charge on any atom is -0.507 e. The molecule has 2 aromatic rings. The van der Waals surface area contributed by atoms with Crippen molar-refractivity contribution in [3.05, 3.63) is 30.0 Å². The zero-order valence-electron chi connectivity index (χ0n) is 10.6. The van der Waals surface area contributed by atoms with Crippen molar-refractivity contribution in [2.45, 2.75) is 12.8 Å². The van der Waals surface area contributed by atoms with Crippen molar-refractivity contribution in [3.63, 3.8) is 0 Å². The maximum Gasteiger partial charge on any atom is 0.250 e. The smallest absolute Gasteiger partial charge is 0.250 e. The highest BCUT2D eigenvalue weighted by Gasteiger charge is 2.10. The number of hydrogen-bond donors (Lipinski definition) is 2. The van der Waals surface area contributed by atoms with Gasteiger partial charge in [-0.15, -0.1) is 12.4 Å². The molecule has 0 radical (unpaired) electrons. The number of hydrogen-bond acceptors (Lipinski definition) is 2. The molecule has 0 bridgehead atoms. The lowest BCUT2D eigenvalue weighted by atomic mass is 10.1. The Labute approximate surface area is 116 Å². The summed E-state index contributed by atoms with van der Waals surface area (Å²) in [7, 11) is 1.90. The molecule has 1 heterocycles. The van der Waals surface area contributed by atoms with Gasteiger partial charge in [0, 0.05) is 18.6 Å². The number of phenolic OH excluding ortho intramolecular Hbond substituents is 1. The van der Waals surface area contributed by atoms with Crippen LogP contribution in [0.15, 0.2) is 24.4 Å². The summed E-state index contributed by atoms with van der Waals surface area (Å²) >= 11 is 0. The SMILES string of the molecule is Cl.Cn1cc(CCNCC(F)F)c2c(O)cccc21. The third-order valence-electron chi connectivity index (χ3n) is 2.94. The lowest BCUT2D eigenvalue weighted by Gasteiger charge is -2.03. The Hall–Kier alpha value is -1.33. The fraction of sp³-hybridized carbons (Fsp3) is 0.385. The Bertz CT molecular complexity index is 543. The topological polar surface area (TPSA) is 37.2 Å². The van der Waals surface area contributed by atoms with Gasteiger partial charge in [-0.05, 0) is 30.7 Å². The first-order valence-electron chi connectivity index (χ1n) is 5.84. The van der Waals surface area contributed by atoms with E-state index in [2.05, 4.69) is 5.32 Å². The third-order valence-corrected chi connectivity index (χ3v) is 2.94. The average molecular weight is 291 g/mol. The van der Waals surface area contributed by atoms with Crippen molar-refractivity contribution in [3.8, 4) is 5.75 Å². The molecule has 0 spiro atoms. The van der Waals surface area contributed by atoms with E-state index in [1.54, 1.807) is 12.1 Å². The van der Waals surface area contributed by atoms with E-state index < -0.39 is 6.43 Å². The molecule has 2 rings (SSSR count). The first kappa shape index (κ1) is 15.7. The van der Waals surface area contributed by atoms with Gasteiger partial charge < -0.3 is 15.0 Å². The molecule has 0 unspecified atom stereocenters. The molecular weight excluding hydrogens is 274 g/mol. The Morgan fingerprint density at radius 3 is 2.79 bits per heavy atom. The Kier molecular flexibility index (Phi) is 5.57. The lowest BCUT2D eigenvalue weighted by molar-refractivity contribution is 0.146. The van der Waals surface area contributed by atoms with Gasteiger partial charge in [-0.25, -0.2) is 8.78 Å². The Morgan fingerprint density at radius 1 is 1.37 bits per heavy atom. The standard InChI is InChI=1S/C13H16F2N2O.ClH/c1-17-8-9(5-6-16-7-12(14)15)13-10(17)3-2-4-11(13)18;/h2-4,8,12,16,18H,5-7H2,1H3;1H. The highest BCUT2D eigenvalue weighted by molar-refractivity contribution is 5.89. The van der Waals surface area contributed by atoms with Crippen molar-refractivity contribution < 1.29 is 13.9 Å². The number of fused-ring (bicyclic) bond motifs is 1. The van der Waals surface area contributed by atoms with E-state index in [1.165, 1.54) is 0 Å². The molecule has 0 fully saturated rings. The molecule has 0 amide bonds. The normalized spacial score (nSPS) is 10.9. The molecule has 0 saturated carbocycles. The van der Waals surface area contributed by atoms with Gasteiger partial charge in [-0.2, -0.15) is 0 Å². The summed E-state index contributed by atoms with van der Waals surface area (Å²) in [5.41, 5.74) is 1.91. The number of alkyl halides is 2. The molecular formula is C13H17ClF2N2O. The second-order valence-corrected chi connectivity index (χ2v) is 4.28. The summed E-state index contributed by atoms with van der Waals surface area (Å²) in [6.45, 7) is 0.175. The van der Waals surface area contributed by atoms with Crippen molar-refractivity contribution in [2.75, 3.05) is 13.1 Å². The number of phenols is 1. The maximum absolute atomic E-state index is 12.0. The fourth-order valence-corrected chi connectivity index (χ4v) is 2.14. The number of aromatic hydroxyl groups is 1. The molecule has 6 heteroatoms. The number of benzene rings is 1. The second kappa shape index (κ2) is 6.73. The molecule has 19 heavy (non-hydrogen) atoms. The summed E-state index contributed by atoms with van der Waals surface area (Å²) in [5, 5.41) is 13.3. The van der Waals surface area contributed by atoms with E-state index in [0.29, 0.717) is 13.0 Å². The van der Waals surface area contributed by atoms with E-state index in [-0.39, 0.29) is 24.7 Å². The summed E-state index contributed by atoms with van der Waals surface area (Å²) < 4.78 is 25.9. The molecule has 0 aliphatic heterocycles. The van der Waals surface area contributed by atoms with Crippen LogP contribution < -0.4 is 5.32 Å². The predicted octanol–water partition coefficient (Wildman–Crippen LogP) is 2.70. The molecule has 0 aliphatic rings. The van der Waals surface area contributed by atoms with Crippen LogP contribution in [0, 0.1) is 0 Å². The fourth-order valence-electron chi connectivity index (χ4n) is 2.14. The third kappa shape index (κ3) is 3.58. The number of aromatic nitrogens is 1. The lowest BCUT2D eigenvalue weighted by Crippen LogP contribution is -2.23. The van der Waals surface area contributed by atoms with E-state index in [4.69, 9.17) is 0 Å². The van der Waals surface area contributed by atoms with Crippen molar-refractivity contribution in [1.82, 2.24) is 9.88 Å². The van der Waals surface area contributed by atoms with E-state index in [9.17, 15) is 13.9 Å². The van der Waals surface area contributed by atoms with Crippen LogP contribution in [-0.4, -0.2) is 29.2 Å². The van der Waals surface area contributed by atoms with E-state index >= 15 is 0 Å². The van der Waals surface area contributed by atoms with Crippen LogP contribution in [0.1, 0.15) is 5.56 Å². The molecule has 0 aliphatic carbocycles. The molecule has 2 N–H and O–H groups in total. The summed E-state index contributed by atoms with van der Waals surface area (Å²) in [5.74, 6) is 0.233. The minimum atomic E-state index is -2.33. The van der Waals surface area contributed by atoms with Crippen LogP contribution >= 0.6 is 12.4 Å². The predicted molar refractivity (Wildman–Crippen MR) is 74.4 cm³/mol. The van der Waals surface area contributed by atoms with Gasteiger partial charge in [0.25, 0.3) is 6.43 Å². The van der Waals surface area contributed by atoms with Crippen molar-refractivity contribution in [1.29, 1.82) is 0 Å². The molecule has 0 atom stereocenters. The van der Waals surface area contributed by atoms with Crippen LogP contribution in [0.5, 0.6) is 5.75 Å². The van der Waals surface area contributed by atoms with Crippen LogP contribution in [-0.2, 0) is 13.5 Å². The zero-order valence-corrected chi connectivity index (χ0v) is 11.4. The first-order chi connectivity index (χ1) is 8.59. The van der Waals surface area contributed by atoms with Gasteiger partial charge in [-0.3, -0.25) is 0 Å². The summed E-state index contributed by atoms with van der Waals surface area (Å²) in [6, 6.07) is 5.35. The van der Waals surface area contributed by atoms with Gasteiger partial charge in [0.2, 0.25) is 0 Å². The Morgan fingerprint density at radius 2 is 2.11 bits per heavy atom. The van der Waals surface area contributed by atoms with Crippen molar-refractivity contribution in [2.24, 2.45) is 7.05 Å². The number of aryl methyl sites for hydroxylation is 1. The quantitative estimate of drug-likeness (QED) is 0.831. The van der Waals surface area contributed by atoms with Crippen LogP contribution in [0.25, 0.3) is 10.9 Å². The molecule has 0 saturated heterocycles. The summed E-state index contributed by atoms with van der Waals surface area (Å²) in [4.78, 5) is 0. The van der Waals surface area contributed by atoms with Crippen LogP contribution in [0.3, 0.4) is 0 Å². The van der Waals surface area contributed by atoms with Gasteiger partial charge in [0.1, 0.15) is 5.75 Å². The molecule has 3 nitrogen and oxygen atoms in total. The summed E-state index contributed by atoms with van der Waals surface area (Å²) in [6.07, 6.45) is 0.210. The molecule has 1 aromatic heterocycles. The maximum atomic E-state index is 12.0. The van der Waals surface area contributed by atoms with Crippen LogP contribution in [0.2, 0.25) is 0 Å². The highest BCUT2D eigenvalue weighted by Crippen LogP contribution is 2.29. The van der Waals surface area contributed by atoms with Gasteiger partial charge in [-0.1, -0.05) is 6.07 Å². The second-order valence-electron chi connectivity index (χ2n) is 4.28. The number of nitrogens with one attached hydrogen (secondary N) is 1.